The Labute approximate surface area is 146 Å². The summed E-state index contributed by atoms with van der Waals surface area (Å²) in [5, 5.41) is 0.863. The summed E-state index contributed by atoms with van der Waals surface area (Å²) < 4.78 is 31.7. The van der Waals surface area contributed by atoms with E-state index in [1.54, 1.807) is 24.5 Å². The first-order chi connectivity index (χ1) is 12.6. The zero-order valence-electron chi connectivity index (χ0n) is 13.6. The van der Waals surface area contributed by atoms with E-state index in [0.717, 1.165) is 23.1 Å². The predicted molar refractivity (Wildman–Crippen MR) is 92.6 cm³/mol. The van der Waals surface area contributed by atoms with E-state index in [2.05, 4.69) is 15.0 Å². The van der Waals surface area contributed by atoms with Crippen molar-refractivity contribution in [3.8, 4) is 22.5 Å². The molecular weight excluding hydrogens is 340 g/mol. The standard InChI is InChI=1S/C19H13F2N3O2/c1-26-19(25)13-9-16(11-4-6-22-18-12(11)5-7-23-18)24-17(13)10-2-3-14(20)15(21)8-10/h2-9,24H,1H3,(H,22,23). The maximum Gasteiger partial charge on any atom is 0.340 e. The van der Waals surface area contributed by atoms with E-state index in [-0.39, 0.29) is 5.56 Å². The van der Waals surface area contributed by atoms with E-state index in [1.807, 2.05) is 6.07 Å². The van der Waals surface area contributed by atoms with Crippen LogP contribution in [-0.4, -0.2) is 28.0 Å². The van der Waals surface area contributed by atoms with Crippen LogP contribution in [0.4, 0.5) is 8.78 Å². The number of carbonyl (C=O) groups is 1. The summed E-state index contributed by atoms with van der Waals surface area (Å²) >= 11 is 0. The molecule has 4 rings (SSSR count). The topological polar surface area (TPSA) is 70.8 Å². The van der Waals surface area contributed by atoms with Gasteiger partial charge in [0.25, 0.3) is 0 Å². The third-order valence-electron chi connectivity index (χ3n) is 4.18. The second kappa shape index (κ2) is 6.11. The molecule has 0 amide bonds. The molecule has 3 heterocycles. The number of carbonyl (C=O) groups excluding carboxylic acids is 1. The number of halogens is 2. The molecule has 0 aliphatic carbocycles. The Morgan fingerprint density at radius 3 is 2.73 bits per heavy atom. The Morgan fingerprint density at radius 1 is 1.12 bits per heavy atom. The van der Waals surface area contributed by atoms with Crippen molar-refractivity contribution in [1.29, 1.82) is 0 Å². The Kier molecular flexibility index (Phi) is 3.76. The van der Waals surface area contributed by atoms with Gasteiger partial charge in [-0.3, -0.25) is 0 Å². The van der Waals surface area contributed by atoms with E-state index >= 15 is 0 Å². The molecule has 0 spiro atoms. The molecule has 7 heteroatoms. The first-order valence-corrected chi connectivity index (χ1v) is 7.77. The summed E-state index contributed by atoms with van der Waals surface area (Å²) in [6.45, 7) is 0. The highest BCUT2D eigenvalue weighted by molar-refractivity contribution is 6.00. The molecule has 0 radical (unpaired) electrons. The summed E-state index contributed by atoms with van der Waals surface area (Å²) in [7, 11) is 1.26. The van der Waals surface area contributed by atoms with Crippen LogP contribution in [0.1, 0.15) is 10.4 Å². The molecule has 0 aliphatic rings. The Bertz CT molecular complexity index is 1130. The van der Waals surface area contributed by atoms with Gasteiger partial charge in [-0.2, -0.15) is 0 Å². The Morgan fingerprint density at radius 2 is 1.96 bits per heavy atom. The number of nitrogens with one attached hydrogen (secondary N) is 2. The average molecular weight is 353 g/mol. The van der Waals surface area contributed by atoms with Gasteiger partial charge in [-0.1, -0.05) is 0 Å². The van der Waals surface area contributed by atoms with Gasteiger partial charge in [0.05, 0.1) is 18.4 Å². The molecule has 0 fully saturated rings. The number of nitrogens with zero attached hydrogens (tertiary/aromatic N) is 1. The highest BCUT2D eigenvalue weighted by Crippen LogP contribution is 2.33. The Balaban J connectivity index is 1.93. The minimum absolute atomic E-state index is 0.231. The van der Waals surface area contributed by atoms with Crippen molar-refractivity contribution in [3.63, 3.8) is 0 Å². The molecular formula is C19H13F2N3O2. The van der Waals surface area contributed by atoms with Gasteiger partial charge in [0.15, 0.2) is 11.6 Å². The van der Waals surface area contributed by atoms with Gasteiger partial charge < -0.3 is 14.7 Å². The van der Waals surface area contributed by atoms with Gasteiger partial charge in [-0.15, -0.1) is 0 Å². The van der Waals surface area contributed by atoms with Crippen LogP contribution in [0.2, 0.25) is 0 Å². The molecule has 0 aliphatic heterocycles. The Hall–Kier alpha value is -3.48. The number of fused-ring (bicyclic) bond motifs is 1. The minimum atomic E-state index is -0.994. The zero-order valence-corrected chi connectivity index (χ0v) is 13.6. The van der Waals surface area contributed by atoms with Crippen LogP contribution < -0.4 is 0 Å². The van der Waals surface area contributed by atoms with Gasteiger partial charge in [-0.05, 0) is 36.4 Å². The van der Waals surface area contributed by atoms with Gasteiger partial charge in [-0.25, -0.2) is 18.6 Å². The second-order valence-electron chi connectivity index (χ2n) is 5.69. The van der Waals surface area contributed by atoms with Crippen LogP contribution in [-0.2, 0) is 4.74 Å². The lowest BCUT2D eigenvalue weighted by Gasteiger charge is -2.04. The molecule has 130 valence electrons. The first-order valence-electron chi connectivity index (χ1n) is 7.77. The summed E-state index contributed by atoms with van der Waals surface area (Å²) in [5.41, 5.74) is 3.08. The van der Waals surface area contributed by atoms with Gasteiger partial charge in [0, 0.05) is 34.6 Å². The number of pyridine rings is 1. The van der Waals surface area contributed by atoms with Crippen molar-refractivity contribution in [2.75, 3.05) is 7.11 Å². The molecule has 0 atom stereocenters. The summed E-state index contributed by atoms with van der Waals surface area (Å²) in [6.07, 6.45) is 3.41. The predicted octanol–water partition coefficient (Wildman–Crippen LogP) is 4.29. The van der Waals surface area contributed by atoms with Crippen molar-refractivity contribution in [3.05, 3.63) is 66.0 Å². The quantitative estimate of drug-likeness (QED) is 0.540. The molecule has 1 aromatic carbocycles. The summed E-state index contributed by atoms with van der Waals surface area (Å²) in [4.78, 5) is 22.6. The van der Waals surface area contributed by atoms with Gasteiger partial charge in [0.1, 0.15) is 5.65 Å². The molecule has 5 nitrogen and oxygen atoms in total. The number of hydrogen-bond acceptors (Lipinski definition) is 3. The average Bonchev–Trinajstić information content (AvgIpc) is 3.30. The second-order valence-corrected chi connectivity index (χ2v) is 5.69. The number of methoxy groups -OCH3 is 1. The van der Waals surface area contributed by atoms with Crippen LogP contribution in [0, 0.1) is 11.6 Å². The SMILES string of the molecule is COC(=O)c1cc(-c2ccnc3[nH]ccc23)[nH]c1-c1ccc(F)c(F)c1. The maximum atomic E-state index is 13.7. The smallest absolute Gasteiger partial charge is 0.340 e. The third-order valence-corrected chi connectivity index (χ3v) is 4.18. The fraction of sp³-hybridized carbons (Fsp3) is 0.0526. The number of rotatable bonds is 3. The lowest BCUT2D eigenvalue weighted by atomic mass is 10.1. The van der Waals surface area contributed by atoms with E-state index < -0.39 is 17.6 Å². The van der Waals surface area contributed by atoms with E-state index in [9.17, 15) is 13.6 Å². The maximum absolute atomic E-state index is 13.7. The van der Waals surface area contributed by atoms with Crippen LogP contribution >= 0.6 is 0 Å². The highest BCUT2D eigenvalue weighted by Gasteiger charge is 2.20. The van der Waals surface area contributed by atoms with Gasteiger partial charge >= 0.3 is 5.97 Å². The summed E-state index contributed by atoms with van der Waals surface area (Å²) in [5.74, 6) is -2.53. The van der Waals surface area contributed by atoms with Gasteiger partial charge in [0.2, 0.25) is 0 Å². The largest absolute Gasteiger partial charge is 0.465 e. The molecule has 3 aromatic heterocycles. The normalized spacial score (nSPS) is 11.0. The highest BCUT2D eigenvalue weighted by atomic mass is 19.2. The number of esters is 1. The molecule has 2 N–H and O–H groups in total. The molecule has 4 aromatic rings. The lowest BCUT2D eigenvalue weighted by Crippen LogP contribution is -2.01. The lowest BCUT2D eigenvalue weighted by molar-refractivity contribution is 0.0602. The van der Waals surface area contributed by atoms with Crippen molar-refractivity contribution in [2.45, 2.75) is 0 Å². The van der Waals surface area contributed by atoms with E-state index in [4.69, 9.17) is 4.74 Å². The summed E-state index contributed by atoms with van der Waals surface area (Å²) in [6, 6.07) is 8.76. The van der Waals surface area contributed by atoms with Crippen molar-refractivity contribution >= 4 is 17.0 Å². The number of ether oxygens (including phenoxy) is 1. The van der Waals surface area contributed by atoms with Crippen molar-refractivity contribution in [1.82, 2.24) is 15.0 Å². The monoisotopic (exact) mass is 353 g/mol. The zero-order chi connectivity index (χ0) is 18.3. The van der Waals surface area contributed by atoms with Crippen LogP contribution in [0.25, 0.3) is 33.5 Å². The third kappa shape index (κ3) is 2.54. The number of aromatic nitrogens is 3. The molecule has 0 saturated heterocycles. The minimum Gasteiger partial charge on any atom is -0.465 e. The van der Waals surface area contributed by atoms with Crippen molar-refractivity contribution < 1.29 is 18.3 Å². The first kappa shape index (κ1) is 16.0. The molecule has 26 heavy (non-hydrogen) atoms. The van der Waals surface area contributed by atoms with Crippen molar-refractivity contribution in [2.24, 2.45) is 0 Å². The molecule has 0 unspecified atom stereocenters. The van der Waals surface area contributed by atoms with Crippen LogP contribution in [0.5, 0.6) is 0 Å². The van der Waals surface area contributed by atoms with E-state index in [0.29, 0.717) is 22.6 Å². The number of hydrogen-bond donors (Lipinski definition) is 2. The fourth-order valence-electron chi connectivity index (χ4n) is 2.95. The van der Waals surface area contributed by atoms with Crippen LogP contribution in [0.15, 0.2) is 48.8 Å². The molecule has 0 saturated carbocycles. The molecule has 0 bridgehead atoms. The van der Waals surface area contributed by atoms with E-state index in [1.165, 1.54) is 13.2 Å². The number of H-pyrrole nitrogens is 2. The number of aromatic amines is 2. The van der Waals surface area contributed by atoms with Crippen LogP contribution in [0.3, 0.4) is 0 Å². The fourth-order valence-corrected chi connectivity index (χ4v) is 2.95. The number of benzene rings is 1.